The summed E-state index contributed by atoms with van der Waals surface area (Å²) in [4.78, 5) is 31.6. The molecular weight excluding hydrogens is 463 g/mol. The fourth-order valence-electron chi connectivity index (χ4n) is 6.68. The number of hydrogen-bond acceptors (Lipinski definition) is 4. The maximum absolute atomic E-state index is 12.5. The van der Waals surface area contributed by atoms with Crippen LogP contribution in [0.4, 0.5) is 0 Å². The number of carbonyl (C=O) groups is 1. The Labute approximate surface area is 209 Å². The van der Waals surface area contributed by atoms with Gasteiger partial charge in [0.05, 0.1) is 12.2 Å². The Morgan fingerprint density at radius 2 is 1.97 bits per heavy atom. The zero-order valence-corrected chi connectivity index (χ0v) is 21.9. The van der Waals surface area contributed by atoms with Crippen molar-refractivity contribution in [3.05, 3.63) is 60.3 Å². The van der Waals surface area contributed by atoms with E-state index in [0.29, 0.717) is 30.3 Å². The number of ketones is 1. The summed E-state index contributed by atoms with van der Waals surface area (Å²) in [5.74, 6) is 0.364. The van der Waals surface area contributed by atoms with Crippen molar-refractivity contribution in [2.75, 3.05) is 0 Å². The second-order valence-electron chi connectivity index (χ2n) is 10.9. The van der Waals surface area contributed by atoms with Gasteiger partial charge in [0, 0.05) is 6.42 Å². The fourth-order valence-corrected chi connectivity index (χ4v) is 7.52. The zero-order chi connectivity index (χ0) is 26.0. The summed E-state index contributed by atoms with van der Waals surface area (Å²) in [6.07, 6.45) is 13.7. The third-order valence-corrected chi connectivity index (χ3v) is 9.90. The van der Waals surface area contributed by atoms with E-state index in [4.69, 9.17) is 0 Å². The molecule has 0 bridgehead atoms. The van der Waals surface area contributed by atoms with Gasteiger partial charge < -0.3 is 20.0 Å². The van der Waals surface area contributed by atoms with Gasteiger partial charge in [-0.3, -0.25) is 9.36 Å². The van der Waals surface area contributed by atoms with Crippen molar-refractivity contribution >= 4 is 13.4 Å². The van der Waals surface area contributed by atoms with Gasteiger partial charge >= 0.3 is 7.60 Å². The lowest BCUT2D eigenvalue weighted by Crippen LogP contribution is -2.35. The molecule has 0 amide bonds. The lowest BCUT2D eigenvalue weighted by molar-refractivity contribution is -0.114. The molecule has 0 radical (unpaired) electrons. The Balaban J connectivity index is 1.75. The summed E-state index contributed by atoms with van der Waals surface area (Å²) >= 11 is 0. The Morgan fingerprint density at radius 3 is 2.63 bits per heavy atom. The molecule has 0 aliphatic heterocycles. The molecule has 4 N–H and O–H groups in total. The summed E-state index contributed by atoms with van der Waals surface area (Å²) in [5, 5.41) is 20.2. The number of fused-ring (bicyclic) bond motifs is 1. The molecule has 0 aromatic heterocycles. The molecule has 0 heterocycles. The zero-order valence-electron chi connectivity index (χ0n) is 21.0. The first-order chi connectivity index (χ1) is 16.4. The minimum absolute atomic E-state index is 0.0464. The molecule has 2 unspecified atom stereocenters. The molecule has 0 spiro atoms. The van der Waals surface area contributed by atoms with Gasteiger partial charge in [-0.1, -0.05) is 50.3 Å². The fraction of sp³-hybridized carbons (Fsp3) is 0.607. The maximum atomic E-state index is 12.5. The Hall–Kier alpha value is -1.56. The van der Waals surface area contributed by atoms with E-state index in [9.17, 15) is 29.4 Å². The van der Waals surface area contributed by atoms with Crippen LogP contribution in [0, 0.1) is 23.2 Å². The highest BCUT2D eigenvalue weighted by Gasteiger charge is 2.50. The van der Waals surface area contributed by atoms with E-state index in [2.05, 4.69) is 33.1 Å². The van der Waals surface area contributed by atoms with Crippen LogP contribution in [0.3, 0.4) is 0 Å². The lowest BCUT2D eigenvalue weighted by atomic mass is 9.61. The number of aliphatic hydroxyl groups is 2. The van der Waals surface area contributed by atoms with Crippen molar-refractivity contribution in [3.8, 4) is 0 Å². The van der Waals surface area contributed by atoms with E-state index >= 15 is 0 Å². The van der Waals surface area contributed by atoms with Crippen LogP contribution in [0.5, 0.6) is 0 Å². The minimum atomic E-state index is -4.53. The smallest absolute Gasteiger partial charge is 0.336 e. The van der Waals surface area contributed by atoms with Crippen LogP contribution < -0.4 is 0 Å². The topological polar surface area (TPSA) is 115 Å². The van der Waals surface area contributed by atoms with E-state index in [1.165, 1.54) is 17.7 Å². The molecule has 194 valence electrons. The van der Waals surface area contributed by atoms with Gasteiger partial charge in [-0.05, 0) is 85.3 Å². The molecule has 3 aliphatic carbocycles. The SMILES string of the molecule is C=CCC(C(=O)/C=C/[C@@H](C)[C@H]1CCC2/C(=C/C=C3/C[C@@H](O)C[C@H](O)C3=C)CCC[C@@]21C)P(=O)(O)O. The average molecular weight is 505 g/mol. The third kappa shape index (κ3) is 6.23. The maximum Gasteiger partial charge on any atom is 0.336 e. The summed E-state index contributed by atoms with van der Waals surface area (Å²) in [6, 6.07) is 0. The van der Waals surface area contributed by atoms with Gasteiger partial charge in [0.25, 0.3) is 0 Å². The van der Waals surface area contributed by atoms with E-state index in [0.717, 1.165) is 37.7 Å². The van der Waals surface area contributed by atoms with Crippen molar-refractivity contribution in [2.24, 2.45) is 23.2 Å². The van der Waals surface area contributed by atoms with E-state index in [1.54, 1.807) is 0 Å². The molecule has 3 fully saturated rings. The largest absolute Gasteiger partial charge is 0.393 e. The van der Waals surface area contributed by atoms with Crippen LogP contribution in [0.25, 0.3) is 0 Å². The van der Waals surface area contributed by atoms with E-state index in [1.807, 2.05) is 12.2 Å². The van der Waals surface area contributed by atoms with Crippen LogP contribution in [-0.2, 0) is 9.36 Å². The number of carbonyl (C=O) groups excluding carboxylic acids is 1. The van der Waals surface area contributed by atoms with E-state index < -0.39 is 31.2 Å². The predicted octanol–water partition coefficient (Wildman–Crippen LogP) is 5.01. The van der Waals surface area contributed by atoms with Gasteiger partial charge in [-0.2, -0.15) is 0 Å². The van der Waals surface area contributed by atoms with Crippen molar-refractivity contribution in [1.29, 1.82) is 0 Å². The van der Waals surface area contributed by atoms with Gasteiger partial charge in [0.1, 0.15) is 5.66 Å². The Kier molecular flexibility index (Phi) is 8.99. The van der Waals surface area contributed by atoms with E-state index in [-0.39, 0.29) is 17.8 Å². The summed E-state index contributed by atoms with van der Waals surface area (Å²) in [7, 11) is -4.53. The van der Waals surface area contributed by atoms with Crippen molar-refractivity contribution in [1.82, 2.24) is 0 Å². The quantitative estimate of drug-likeness (QED) is 0.210. The van der Waals surface area contributed by atoms with Crippen molar-refractivity contribution in [3.63, 3.8) is 0 Å². The van der Waals surface area contributed by atoms with Crippen LogP contribution in [-0.4, -0.2) is 43.7 Å². The Morgan fingerprint density at radius 1 is 1.26 bits per heavy atom. The molecule has 3 saturated carbocycles. The first-order valence-electron chi connectivity index (χ1n) is 12.7. The third-order valence-electron chi connectivity index (χ3n) is 8.63. The molecule has 3 rings (SSSR count). The Bertz CT molecular complexity index is 972. The van der Waals surface area contributed by atoms with Crippen molar-refractivity contribution in [2.45, 2.75) is 83.1 Å². The molecule has 0 aromatic carbocycles. The number of hydrogen-bond donors (Lipinski definition) is 4. The first-order valence-corrected chi connectivity index (χ1v) is 14.4. The molecule has 35 heavy (non-hydrogen) atoms. The molecule has 7 heteroatoms. The molecule has 6 nitrogen and oxygen atoms in total. The standard InChI is InChI=1S/C28H41O6P/c1-5-7-27(35(32,33)34)25(30)14-9-18(2)23-12-13-24-20(8-6-15-28(23,24)4)10-11-21-16-22(29)17-26(31)19(21)3/h5,9-11,14,18,22-24,26-27,29,31H,1,3,6-8,12-13,15-17H2,2,4H3,(H2,32,33,34)/b14-9+,20-10+,21-11-/t18-,22-,23-,24?,26+,27?,28-/m1/s1. The average Bonchev–Trinajstić information content (AvgIpc) is 3.13. The number of rotatable bonds is 8. The first kappa shape index (κ1) is 28.0. The molecule has 0 saturated heterocycles. The van der Waals surface area contributed by atoms with Gasteiger partial charge in [0.2, 0.25) is 0 Å². The molecule has 0 aromatic rings. The highest BCUT2D eigenvalue weighted by Crippen LogP contribution is 2.59. The summed E-state index contributed by atoms with van der Waals surface area (Å²) in [6.45, 7) is 12.0. The van der Waals surface area contributed by atoms with Crippen LogP contribution in [0.2, 0.25) is 0 Å². The van der Waals surface area contributed by atoms with Crippen LogP contribution in [0.15, 0.2) is 60.3 Å². The van der Waals surface area contributed by atoms with Gasteiger partial charge in [0.15, 0.2) is 5.78 Å². The second kappa shape index (κ2) is 11.2. The summed E-state index contributed by atoms with van der Waals surface area (Å²) < 4.78 is 11.7. The number of aliphatic hydroxyl groups excluding tert-OH is 2. The van der Waals surface area contributed by atoms with Crippen LogP contribution in [0.1, 0.15) is 65.2 Å². The number of allylic oxidation sites excluding steroid dienone is 6. The predicted molar refractivity (Wildman–Crippen MR) is 139 cm³/mol. The molecule has 3 aliphatic rings. The monoisotopic (exact) mass is 504 g/mol. The minimum Gasteiger partial charge on any atom is -0.393 e. The van der Waals surface area contributed by atoms with Crippen LogP contribution >= 0.6 is 7.60 Å². The highest BCUT2D eigenvalue weighted by atomic mass is 31.2. The van der Waals surface area contributed by atoms with Crippen molar-refractivity contribution < 1.29 is 29.4 Å². The van der Waals surface area contributed by atoms with Gasteiger partial charge in [-0.25, -0.2) is 0 Å². The lowest BCUT2D eigenvalue weighted by Gasteiger charge is -2.44. The normalized spacial score (nSPS) is 35.9. The second-order valence-corrected chi connectivity index (χ2v) is 12.7. The van der Waals surface area contributed by atoms with Gasteiger partial charge in [-0.15, -0.1) is 6.58 Å². The molecule has 7 atom stereocenters. The highest BCUT2D eigenvalue weighted by molar-refractivity contribution is 7.53. The summed E-state index contributed by atoms with van der Waals surface area (Å²) in [5.41, 5.74) is 1.74. The molecular formula is C28H41O6P.